The van der Waals surface area contributed by atoms with Crippen molar-refractivity contribution >= 4 is 43.5 Å². The van der Waals surface area contributed by atoms with Crippen LogP contribution in [0.4, 0.5) is 0 Å². The molecule has 0 unspecified atom stereocenters. The van der Waals surface area contributed by atoms with E-state index in [0.717, 1.165) is 60.2 Å². The van der Waals surface area contributed by atoms with Gasteiger partial charge in [0.1, 0.15) is 11.2 Å². The van der Waals surface area contributed by atoms with E-state index in [1.165, 1.54) is 0 Å². The summed E-state index contributed by atoms with van der Waals surface area (Å²) < 4.78 is 6.50. The Morgan fingerprint density at radius 3 is 1.72 bits per heavy atom. The molecule has 4 nitrogen and oxygen atoms in total. The number of hydrogen-bond donors (Lipinski definition) is 0. The third kappa shape index (κ3) is 3.50. The summed E-state index contributed by atoms with van der Waals surface area (Å²) in [4.78, 5) is 14.9. The maximum atomic E-state index is 6.50. The molecule has 6 aromatic carbocycles. The molecule has 0 atom stereocenters. The average Bonchev–Trinajstić information content (AvgIpc) is 3.40. The van der Waals surface area contributed by atoms with Gasteiger partial charge in [-0.15, -0.1) is 0 Å². The molecule has 39 heavy (non-hydrogen) atoms. The molecule has 0 saturated carbocycles. The molecule has 0 radical (unpaired) electrons. The van der Waals surface area contributed by atoms with Gasteiger partial charge in [-0.05, 0) is 34.4 Å². The average molecular weight is 500 g/mol. The minimum atomic E-state index is 0.633. The first-order chi connectivity index (χ1) is 19.3. The van der Waals surface area contributed by atoms with Gasteiger partial charge in [0.2, 0.25) is 0 Å². The quantitative estimate of drug-likeness (QED) is 0.228. The summed E-state index contributed by atoms with van der Waals surface area (Å²) in [6.07, 6.45) is 0. The van der Waals surface area contributed by atoms with Crippen molar-refractivity contribution in [2.45, 2.75) is 0 Å². The third-order valence-corrected chi connectivity index (χ3v) is 7.31. The number of benzene rings is 6. The molecule has 0 amide bonds. The number of rotatable bonds is 3. The molecule has 8 aromatic rings. The van der Waals surface area contributed by atoms with Crippen molar-refractivity contribution in [2.75, 3.05) is 0 Å². The number of fused-ring (bicyclic) bond motifs is 7. The van der Waals surface area contributed by atoms with E-state index in [4.69, 9.17) is 19.4 Å². The van der Waals surface area contributed by atoms with E-state index in [1.54, 1.807) is 0 Å². The van der Waals surface area contributed by atoms with Crippen molar-refractivity contribution in [3.05, 3.63) is 127 Å². The lowest BCUT2D eigenvalue weighted by Crippen LogP contribution is -2.00. The zero-order valence-electron chi connectivity index (χ0n) is 20.9. The third-order valence-electron chi connectivity index (χ3n) is 7.31. The van der Waals surface area contributed by atoms with E-state index in [2.05, 4.69) is 54.6 Å². The van der Waals surface area contributed by atoms with Gasteiger partial charge in [-0.3, -0.25) is 0 Å². The first-order valence-corrected chi connectivity index (χ1v) is 13.0. The summed E-state index contributed by atoms with van der Waals surface area (Å²) in [5.74, 6) is 1.92. The summed E-state index contributed by atoms with van der Waals surface area (Å²) in [6, 6.07) is 43.3. The van der Waals surface area contributed by atoms with Crippen LogP contribution in [0, 0.1) is 0 Å². The van der Waals surface area contributed by atoms with Gasteiger partial charge in [0.15, 0.2) is 17.5 Å². The highest BCUT2D eigenvalue weighted by Gasteiger charge is 2.19. The molecule has 0 aliphatic heterocycles. The SMILES string of the molecule is c1ccc(-c2nc(-c3ccccc3)nc(-c3cc4ccccc4c4c3ccc3c5ccccc5oc34)n2)cc1. The molecule has 0 aliphatic rings. The highest BCUT2D eigenvalue weighted by atomic mass is 16.3. The number of nitrogens with zero attached hydrogens (tertiary/aromatic N) is 3. The molecular formula is C35H21N3O. The van der Waals surface area contributed by atoms with Crippen molar-refractivity contribution in [3.8, 4) is 34.2 Å². The van der Waals surface area contributed by atoms with Crippen LogP contribution in [-0.2, 0) is 0 Å². The highest BCUT2D eigenvalue weighted by Crippen LogP contribution is 2.41. The van der Waals surface area contributed by atoms with Crippen LogP contribution in [0.25, 0.3) is 77.6 Å². The smallest absolute Gasteiger partial charge is 0.164 e. The Labute approximate surface area is 224 Å². The molecule has 4 heteroatoms. The normalized spacial score (nSPS) is 11.6. The highest BCUT2D eigenvalue weighted by molar-refractivity contribution is 6.25. The molecule has 0 N–H and O–H groups in total. The summed E-state index contributed by atoms with van der Waals surface area (Å²) >= 11 is 0. The summed E-state index contributed by atoms with van der Waals surface area (Å²) in [5, 5.41) is 6.58. The maximum Gasteiger partial charge on any atom is 0.164 e. The number of furan rings is 1. The Balaban J connectivity index is 1.49. The molecule has 2 aromatic heterocycles. The van der Waals surface area contributed by atoms with Crippen LogP contribution in [-0.4, -0.2) is 15.0 Å². The molecule has 0 aliphatic carbocycles. The molecule has 2 heterocycles. The predicted molar refractivity (Wildman–Crippen MR) is 158 cm³/mol. The van der Waals surface area contributed by atoms with Gasteiger partial charge >= 0.3 is 0 Å². The van der Waals surface area contributed by atoms with E-state index >= 15 is 0 Å². The zero-order valence-corrected chi connectivity index (χ0v) is 20.9. The lowest BCUT2D eigenvalue weighted by atomic mass is 9.95. The maximum absolute atomic E-state index is 6.50. The van der Waals surface area contributed by atoms with Crippen molar-refractivity contribution in [1.82, 2.24) is 15.0 Å². The topological polar surface area (TPSA) is 51.8 Å². The second-order valence-electron chi connectivity index (χ2n) is 9.65. The van der Waals surface area contributed by atoms with E-state index < -0.39 is 0 Å². The van der Waals surface area contributed by atoms with Crippen molar-refractivity contribution in [2.24, 2.45) is 0 Å². The predicted octanol–water partition coefficient (Wildman–Crippen LogP) is 9.08. The molecule has 0 fully saturated rings. The Morgan fingerprint density at radius 2 is 1.00 bits per heavy atom. The van der Waals surface area contributed by atoms with Gasteiger partial charge in [-0.2, -0.15) is 0 Å². The first-order valence-electron chi connectivity index (χ1n) is 13.0. The standard InChI is InChI=1S/C35H21N3O/c1-3-11-22(12-4-1)33-36-34(23-13-5-2-6-14-23)38-35(37-33)29-21-24-15-7-8-16-25(24)31-27(29)19-20-28-26-17-9-10-18-30(26)39-32(28)31/h1-21H. The lowest BCUT2D eigenvalue weighted by molar-refractivity contribution is 0.673. The van der Waals surface area contributed by atoms with Crippen LogP contribution in [0.2, 0.25) is 0 Å². The van der Waals surface area contributed by atoms with Crippen LogP contribution >= 0.6 is 0 Å². The molecule has 0 saturated heterocycles. The summed E-state index contributed by atoms with van der Waals surface area (Å²) in [6.45, 7) is 0. The fourth-order valence-corrected chi connectivity index (χ4v) is 5.48. The summed E-state index contributed by atoms with van der Waals surface area (Å²) in [7, 11) is 0. The van der Waals surface area contributed by atoms with E-state index in [-0.39, 0.29) is 0 Å². The summed E-state index contributed by atoms with van der Waals surface area (Å²) in [5.41, 5.74) is 4.61. The molecule has 0 spiro atoms. The van der Waals surface area contributed by atoms with Gasteiger partial charge in [-0.25, -0.2) is 15.0 Å². The van der Waals surface area contributed by atoms with Crippen LogP contribution in [0.15, 0.2) is 132 Å². The Hall–Kier alpha value is -5.35. The van der Waals surface area contributed by atoms with Crippen molar-refractivity contribution in [3.63, 3.8) is 0 Å². The van der Waals surface area contributed by atoms with Gasteiger partial charge in [0.05, 0.1) is 0 Å². The monoisotopic (exact) mass is 499 g/mol. The lowest BCUT2D eigenvalue weighted by Gasteiger charge is -2.13. The number of hydrogen-bond acceptors (Lipinski definition) is 4. The molecular weight excluding hydrogens is 478 g/mol. The Morgan fingerprint density at radius 1 is 0.436 bits per heavy atom. The molecule has 182 valence electrons. The minimum absolute atomic E-state index is 0.633. The van der Waals surface area contributed by atoms with Gasteiger partial charge < -0.3 is 4.42 Å². The van der Waals surface area contributed by atoms with Crippen molar-refractivity contribution < 1.29 is 4.42 Å². The second-order valence-corrected chi connectivity index (χ2v) is 9.65. The Kier molecular flexibility index (Phi) is 4.79. The first kappa shape index (κ1) is 21.7. The fraction of sp³-hybridized carbons (Fsp3) is 0. The van der Waals surface area contributed by atoms with Crippen molar-refractivity contribution in [1.29, 1.82) is 0 Å². The number of aromatic nitrogens is 3. The molecule has 8 rings (SSSR count). The Bertz CT molecular complexity index is 2110. The largest absolute Gasteiger partial charge is 0.455 e. The fourth-order valence-electron chi connectivity index (χ4n) is 5.48. The van der Waals surface area contributed by atoms with E-state index in [0.29, 0.717) is 17.5 Å². The van der Waals surface area contributed by atoms with Crippen LogP contribution in [0.1, 0.15) is 0 Å². The minimum Gasteiger partial charge on any atom is -0.455 e. The van der Waals surface area contributed by atoms with E-state index in [1.807, 2.05) is 72.8 Å². The second kappa shape index (κ2) is 8.61. The van der Waals surface area contributed by atoms with Gasteiger partial charge in [-0.1, -0.05) is 109 Å². The van der Waals surface area contributed by atoms with Crippen LogP contribution in [0.5, 0.6) is 0 Å². The van der Waals surface area contributed by atoms with Crippen LogP contribution < -0.4 is 0 Å². The van der Waals surface area contributed by atoms with E-state index in [9.17, 15) is 0 Å². The number of para-hydroxylation sites is 1. The zero-order chi connectivity index (χ0) is 25.8. The van der Waals surface area contributed by atoms with Crippen LogP contribution in [0.3, 0.4) is 0 Å². The van der Waals surface area contributed by atoms with Gasteiger partial charge in [0.25, 0.3) is 0 Å². The molecule has 0 bridgehead atoms. The van der Waals surface area contributed by atoms with Gasteiger partial charge in [0, 0.05) is 32.8 Å².